The molecule has 148 valence electrons. The van der Waals surface area contributed by atoms with Gasteiger partial charge in [0.15, 0.2) is 11.5 Å². The molecule has 1 amide bonds. The number of aryl methyl sites for hydroxylation is 2. The smallest absolute Gasteiger partial charge is 0.224 e. The zero-order chi connectivity index (χ0) is 20.3. The highest BCUT2D eigenvalue weighted by Gasteiger charge is 2.13. The van der Waals surface area contributed by atoms with Gasteiger partial charge in [0, 0.05) is 17.5 Å². The molecule has 0 aliphatic rings. The predicted octanol–water partition coefficient (Wildman–Crippen LogP) is 4.70. The molecule has 0 saturated carbocycles. The van der Waals surface area contributed by atoms with Crippen LogP contribution in [0, 0.1) is 13.8 Å². The number of hydrogen-bond donors (Lipinski definition) is 1. The van der Waals surface area contributed by atoms with Crippen LogP contribution >= 0.6 is 0 Å². The van der Waals surface area contributed by atoms with E-state index in [1.54, 1.807) is 13.4 Å². The Morgan fingerprint density at radius 1 is 1.14 bits per heavy atom. The number of furan rings is 1. The number of hydrogen-bond acceptors (Lipinski definition) is 4. The van der Waals surface area contributed by atoms with Crippen LogP contribution in [0.1, 0.15) is 36.1 Å². The van der Waals surface area contributed by atoms with E-state index in [2.05, 4.69) is 18.3 Å². The van der Waals surface area contributed by atoms with Crippen molar-refractivity contribution in [3.63, 3.8) is 0 Å². The Balaban J connectivity index is 1.65. The van der Waals surface area contributed by atoms with E-state index in [4.69, 9.17) is 13.9 Å². The van der Waals surface area contributed by atoms with Crippen LogP contribution in [0.3, 0.4) is 0 Å². The molecule has 0 spiro atoms. The number of methoxy groups -OCH3 is 1. The van der Waals surface area contributed by atoms with Crippen molar-refractivity contribution < 1.29 is 18.7 Å². The first-order chi connectivity index (χ1) is 13.4. The second-order valence-corrected chi connectivity index (χ2v) is 7.25. The maximum Gasteiger partial charge on any atom is 0.224 e. The van der Waals surface area contributed by atoms with E-state index >= 15 is 0 Å². The normalized spacial score (nSPS) is 11.1. The van der Waals surface area contributed by atoms with E-state index in [1.807, 2.05) is 45.0 Å². The van der Waals surface area contributed by atoms with Gasteiger partial charge in [-0.2, -0.15) is 0 Å². The van der Waals surface area contributed by atoms with Crippen LogP contribution in [0.4, 0.5) is 0 Å². The summed E-state index contributed by atoms with van der Waals surface area (Å²) in [5.74, 6) is 1.30. The molecule has 0 aliphatic carbocycles. The zero-order valence-corrected chi connectivity index (χ0v) is 17.1. The molecule has 5 nitrogen and oxygen atoms in total. The predicted molar refractivity (Wildman–Crippen MR) is 110 cm³/mol. The largest absolute Gasteiger partial charge is 0.493 e. The molecule has 0 atom stereocenters. The van der Waals surface area contributed by atoms with Crippen molar-refractivity contribution in [3.8, 4) is 11.5 Å². The van der Waals surface area contributed by atoms with Gasteiger partial charge >= 0.3 is 0 Å². The average molecular weight is 381 g/mol. The van der Waals surface area contributed by atoms with Crippen LogP contribution in [0.5, 0.6) is 11.5 Å². The summed E-state index contributed by atoms with van der Waals surface area (Å²) in [6.45, 7) is 8.44. The Labute approximate surface area is 165 Å². The topological polar surface area (TPSA) is 60.7 Å². The standard InChI is InChI=1S/C23H27NO4/c1-14(2)28-20-9-7-17(10-21(20)26-5)12-24-22(25)11-18-13-27-23-16(4)15(3)6-8-19(18)23/h6-10,13-14H,11-12H2,1-5H3,(H,24,25). The number of carbonyl (C=O) groups is 1. The summed E-state index contributed by atoms with van der Waals surface area (Å²) in [5.41, 5.74) is 4.99. The molecular weight excluding hydrogens is 354 g/mol. The molecule has 0 saturated heterocycles. The van der Waals surface area contributed by atoms with Gasteiger partial charge in [0.2, 0.25) is 5.91 Å². The fraction of sp³-hybridized carbons (Fsp3) is 0.348. The van der Waals surface area contributed by atoms with Crippen LogP contribution in [0.25, 0.3) is 11.0 Å². The molecule has 3 aromatic rings. The molecule has 28 heavy (non-hydrogen) atoms. The van der Waals surface area contributed by atoms with Gasteiger partial charge in [-0.1, -0.05) is 18.2 Å². The van der Waals surface area contributed by atoms with Crippen molar-refractivity contribution in [2.45, 2.75) is 46.8 Å². The summed E-state index contributed by atoms with van der Waals surface area (Å²) in [5, 5.41) is 3.96. The lowest BCUT2D eigenvalue weighted by molar-refractivity contribution is -0.120. The number of ether oxygens (including phenoxy) is 2. The van der Waals surface area contributed by atoms with Crippen molar-refractivity contribution in [2.75, 3.05) is 7.11 Å². The van der Waals surface area contributed by atoms with Gasteiger partial charge in [-0.25, -0.2) is 0 Å². The third-order valence-electron chi connectivity index (χ3n) is 4.77. The Hall–Kier alpha value is -2.95. The Morgan fingerprint density at radius 2 is 1.93 bits per heavy atom. The lowest BCUT2D eigenvalue weighted by Gasteiger charge is -2.14. The Morgan fingerprint density at radius 3 is 2.64 bits per heavy atom. The van der Waals surface area contributed by atoms with Crippen LogP contribution in [0.15, 0.2) is 41.0 Å². The summed E-state index contributed by atoms with van der Waals surface area (Å²) in [4.78, 5) is 12.4. The van der Waals surface area contributed by atoms with E-state index in [-0.39, 0.29) is 18.4 Å². The SMILES string of the molecule is COc1cc(CNC(=O)Cc2coc3c(C)c(C)ccc23)ccc1OC(C)C. The summed E-state index contributed by atoms with van der Waals surface area (Å²) >= 11 is 0. The first kappa shape index (κ1) is 19.8. The van der Waals surface area contributed by atoms with Gasteiger partial charge in [0.1, 0.15) is 5.58 Å². The van der Waals surface area contributed by atoms with Gasteiger partial charge in [0.05, 0.1) is 25.9 Å². The molecule has 0 unspecified atom stereocenters. The van der Waals surface area contributed by atoms with Crippen LogP contribution < -0.4 is 14.8 Å². The van der Waals surface area contributed by atoms with Crippen molar-refractivity contribution in [1.82, 2.24) is 5.32 Å². The Bertz CT molecular complexity index is 988. The number of carbonyl (C=O) groups excluding carboxylic acids is 1. The highest BCUT2D eigenvalue weighted by atomic mass is 16.5. The average Bonchev–Trinajstić information content (AvgIpc) is 3.06. The van der Waals surface area contributed by atoms with Crippen LogP contribution in [0.2, 0.25) is 0 Å². The van der Waals surface area contributed by atoms with E-state index in [1.165, 1.54) is 5.56 Å². The van der Waals surface area contributed by atoms with Crippen molar-refractivity contribution >= 4 is 16.9 Å². The maximum absolute atomic E-state index is 12.4. The third kappa shape index (κ3) is 4.30. The second kappa shape index (κ2) is 8.38. The summed E-state index contributed by atoms with van der Waals surface area (Å²) in [7, 11) is 1.61. The summed E-state index contributed by atoms with van der Waals surface area (Å²) in [6.07, 6.45) is 2.02. The second-order valence-electron chi connectivity index (χ2n) is 7.25. The number of fused-ring (bicyclic) bond motifs is 1. The van der Waals surface area contributed by atoms with Gasteiger partial charge in [-0.05, 0) is 56.5 Å². The maximum atomic E-state index is 12.4. The monoisotopic (exact) mass is 381 g/mol. The molecule has 0 bridgehead atoms. The van der Waals surface area contributed by atoms with Gasteiger partial charge in [-0.15, -0.1) is 0 Å². The molecule has 0 aliphatic heterocycles. The fourth-order valence-electron chi connectivity index (χ4n) is 3.13. The minimum Gasteiger partial charge on any atom is -0.493 e. The number of rotatable bonds is 7. The van der Waals surface area contributed by atoms with Crippen LogP contribution in [-0.2, 0) is 17.8 Å². The van der Waals surface area contributed by atoms with Gasteiger partial charge in [-0.3, -0.25) is 4.79 Å². The minimum atomic E-state index is -0.0533. The third-order valence-corrected chi connectivity index (χ3v) is 4.77. The van der Waals surface area contributed by atoms with Gasteiger partial charge in [0.25, 0.3) is 0 Å². The molecule has 1 N–H and O–H groups in total. The minimum absolute atomic E-state index is 0.0533. The van der Waals surface area contributed by atoms with E-state index in [0.717, 1.165) is 27.7 Å². The van der Waals surface area contributed by atoms with E-state index in [9.17, 15) is 4.79 Å². The molecule has 0 radical (unpaired) electrons. The van der Waals surface area contributed by atoms with E-state index < -0.39 is 0 Å². The molecule has 0 fully saturated rings. The van der Waals surface area contributed by atoms with Crippen LogP contribution in [-0.4, -0.2) is 19.1 Å². The zero-order valence-electron chi connectivity index (χ0n) is 17.1. The molecule has 1 aromatic heterocycles. The van der Waals surface area contributed by atoms with Crippen molar-refractivity contribution in [1.29, 1.82) is 0 Å². The quantitative estimate of drug-likeness (QED) is 0.644. The summed E-state index contributed by atoms with van der Waals surface area (Å²) < 4.78 is 16.8. The summed E-state index contributed by atoms with van der Waals surface area (Å²) in [6, 6.07) is 9.76. The first-order valence-electron chi connectivity index (χ1n) is 9.45. The molecular formula is C23H27NO4. The Kier molecular flexibility index (Phi) is 5.93. The first-order valence-corrected chi connectivity index (χ1v) is 9.45. The van der Waals surface area contributed by atoms with Crippen molar-refractivity contribution in [3.05, 3.63) is 58.8 Å². The number of benzene rings is 2. The van der Waals surface area contributed by atoms with Gasteiger partial charge < -0.3 is 19.2 Å². The lowest BCUT2D eigenvalue weighted by atomic mass is 10.0. The highest BCUT2D eigenvalue weighted by molar-refractivity contribution is 5.89. The molecule has 5 heteroatoms. The lowest BCUT2D eigenvalue weighted by Crippen LogP contribution is -2.24. The molecule has 1 heterocycles. The fourth-order valence-corrected chi connectivity index (χ4v) is 3.13. The molecule has 2 aromatic carbocycles. The number of amides is 1. The molecule has 3 rings (SSSR count). The highest BCUT2D eigenvalue weighted by Crippen LogP contribution is 2.29. The van der Waals surface area contributed by atoms with Crippen molar-refractivity contribution in [2.24, 2.45) is 0 Å². The number of nitrogens with one attached hydrogen (secondary N) is 1. The van der Waals surface area contributed by atoms with E-state index in [0.29, 0.717) is 18.0 Å².